The Hall–Kier alpha value is -2.11. The molecule has 0 aliphatic rings. The Labute approximate surface area is 104 Å². The number of nitrogens with two attached hydrogens (primary N) is 1. The molecule has 0 spiro atoms. The van der Waals surface area contributed by atoms with E-state index in [2.05, 4.69) is 4.74 Å². The highest BCUT2D eigenvalue weighted by Crippen LogP contribution is 2.18. The van der Waals surface area contributed by atoms with Gasteiger partial charge in [-0.1, -0.05) is 0 Å². The number of ether oxygens (including phenoxy) is 1. The number of methoxy groups -OCH3 is 1. The number of esters is 1. The number of halogens is 1. The first-order chi connectivity index (χ1) is 8.36. The van der Waals surface area contributed by atoms with Gasteiger partial charge in [0.1, 0.15) is 12.4 Å². The van der Waals surface area contributed by atoms with Crippen LogP contribution >= 0.6 is 0 Å². The second-order valence-corrected chi connectivity index (χ2v) is 3.93. The van der Waals surface area contributed by atoms with Gasteiger partial charge >= 0.3 is 5.97 Å². The van der Waals surface area contributed by atoms with Crippen LogP contribution < -0.4 is 5.73 Å². The van der Waals surface area contributed by atoms with Crippen molar-refractivity contribution in [3.05, 3.63) is 29.1 Å². The summed E-state index contributed by atoms with van der Waals surface area (Å²) in [7, 11) is 2.69. The van der Waals surface area contributed by atoms with Crippen molar-refractivity contribution in [2.24, 2.45) is 0 Å². The maximum absolute atomic E-state index is 13.2. The van der Waals surface area contributed by atoms with Crippen LogP contribution in [0, 0.1) is 12.7 Å². The molecule has 5 nitrogen and oxygen atoms in total. The lowest BCUT2D eigenvalue weighted by Crippen LogP contribution is -2.33. The van der Waals surface area contributed by atoms with Gasteiger partial charge in [-0.3, -0.25) is 9.59 Å². The van der Waals surface area contributed by atoms with E-state index in [0.29, 0.717) is 5.56 Å². The van der Waals surface area contributed by atoms with Gasteiger partial charge < -0.3 is 15.4 Å². The number of carbonyl (C=O) groups is 2. The number of hydrogen-bond donors (Lipinski definition) is 1. The lowest BCUT2D eigenvalue weighted by molar-refractivity contribution is -0.141. The maximum Gasteiger partial charge on any atom is 0.325 e. The van der Waals surface area contributed by atoms with Gasteiger partial charge in [0.25, 0.3) is 5.91 Å². The molecule has 1 aromatic rings. The van der Waals surface area contributed by atoms with Crippen molar-refractivity contribution in [2.45, 2.75) is 6.92 Å². The van der Waals surface area contributed by atoms with E-state index in [-0.39, 0.29) is 17.8 Å². The van der Waals surface area contributed by atoms with Crippen molar-refractivity contribution in [1.29, 1.82) is 0 Å². The number of amides is 1. The van der Waals surface area contributed by atoms with Crippen LogP contribution in [-0.2, 0) is 9.53 Å². The van der Waals surface area contributed by atoms with Crippen LogP contribution in [0.3, 0.4) is 0 Å². The molecule has 1 amide bonds. The summed E-state index contributed by atoms with van der Waals surface area (Å²) in [5.41, 5.74) is 6.04. The zero-order chi connectivity index (χ0) is 13.9. The predicted molar refractivity (Wildman–Crippen MR) is 64.5 cm³/mol. The highest BCUT2D eigenvalue weighted by Gasteiger charge is 2.18. The van der Waals surface area contributed by atoms with E-state index in [9.17, 15) is 14.0 Å². The number of nitrogen functional groups attached to an aromatic ring is 1. The maximum atomic E-state index is 13.2. The lowest BCUT2D eigenvalue weighted by atomic mass is 10.1. The van der Waals surface area contributed by atoms with Crippen molar-refractivity contribution in [2.75, 3.05) is 26.4 Å². The third-order valence-corrected chi connectivity index (χ3v) is 2.51. The summed E-state index contributed by atoms with van der Waals surface area (Å²) in [4.78, 5) is 24.3. The van der Waals surface area contributed by atoms with Gasteiger partial charge in [0.05, 0.1) is 12.8 Å². The highest BCUT2D eigenvalue weighted by molar-refractivity contribution is 5.97. The monoisotopic (exact) mass is 254 g/mol. The second kappa shape index (κ2) is 5.48. The summed E-state index contributed by atoms with van der Waals surface area (Å²) < 4.78 is 17.6. The fraction of sp³-hybridized carbons (Fsp3) is 0.333. The molecule has 0 radical (unpaired) electrons. The van der Waals surface area contributed by atoms with Gasteiger partial charge in [-0.15, -0.1) is 0 Å². The predicted octanol–water partition coefficient (Wildman–Crippen LogP) is 0.961. The van der Waals surface area contributed by atoms with E-state index in [4.69, 9.17) is 5.73 Å². The zero-order valence-corrected chi connectivity index (χ0v) is 10.5. The Kier molecular flexibility index (Phi) is 4.25. The molecular weight excluding hydrogens is 239 g/mol. The molecule has 0 atom stereocenters. The number of rotatable bonds is 3. The molecule has 18 heavy (non-hydrogen) atoms. The van der Waals surface area contributed by atoms with Gasteiger partial charge in [0.15, 0.2) is 0 Å². The van der Waals surface area contributed by atoms with Crippen LogP contribution in [0.4, 0.5) is 10.1 Å². The summed E-state index contributed by atoms with van der Waals surface area (Å²) in [6.45, 7) is 1.42. The minimum absolute atomic E-state index is 0.101. The molecule has 0 unspecified atom stereocenters. The average Bonchev–Trinajstić information content (AvgIpc) is 2.32. The Bertz CT molecular complexity index is 488. The molecule has 2 N–H and O–H groups in total. The van der Waals surface area contributed by atoms with E-state index in [0.717, 1.165) is 0 Å². The molecule has 1 aromatic carbocycles. The van der Waals surface area contributed by atoms with Gasteiger partial charge in [-0.25, -0.2) is 4.39 Å². The number of benzene rings is 1. The Morgan fingerprint density at radius 2 is 2.06 bits per heavy atom. The van der Waals surface area contributed by atoms with E-state index in [1.807, 2.05) is 0 Å². The number of aryl methyl sites for hydroxylation is 1. The molecule has 0 fully saturated rings. The van der Waals surface area contributed by atoms with Crippen LogP contribution in [0.2, 0.25) is 0 Å². The highest BCUT2D eigenvalue weighted by atomic mass is 19.1. The first-order valence-electron chi connectivity index (χ1n) is 5.24. The number of anilines is 1. The minimum Gasteiger partial charge on any atom is -0.468 e. The number of nitrogens with zero attached hydrogens (tertiary/aromatic N) is 1. The summed E-state index contributed by atoms with van der Waals surface area (Å²) >= 11 is 0. The summed E-state index contributed by atoms with van der Waals surface area (Å²) in [5.74, 6) is -1.51. The van der Waals surface area contributed by atoms with Crippen LogP contribution in [0.1, 0.15) is 15.9 Å². The van der Waals surface area contributed by atoms with Gasteiger partial charge in [0, 0.05) is 12.6 Å². The van der Waals surface area contributed by atoms with Crippen molar-refractivity contribution < 1.29 is 18.7 Å². The zero-order valence-electron chi connectivity index (χ0n) is 10.5. The fourth-order valence-electron chi connectivity index (χ4n) is 1.46. The molecule has 0 saturated heterocycles. The third kappa shape index (κ3) is 2.97. The van der Waals surface area contributed by atoms with E-state index >= 15 is 0 Å². The molecule has 1 rings (SSSR count). The number of hydrogen-bond acceptors (Lipinski definition) is 4. The SMILES string of the molecule is COC(=O)CN(C)C(=O)c1cc(N)c(F)cc1C. The second-order valence-electron chi connectivity index (χ2n) is 3.93. The molecule has 0 heterocycles. The fourth-order valence-corrected chi connectivity index (χ4v) is 1.46. The van der Waals surface area contributed by atoms with Crippen LogP contribution in [0.25, 0.3) is 0 Å². The van der Waals surface area contributed by atoms with Crippen molar-refractivity contribution in [3.8, 4) is 0 Å². The van der Waals surface area contributed by atoms with Crippen molar-refractivity contribution >= 4 is 17.6 Å². The normalized spacial score (nSPS) is 10.0. The van der Waals surface area contributed by atoms with Gasteiger partial charge in [-0.05, 0) is 24.6 Å². The molecule has 0 aliphatic heterocycles. The first-order valence-corrected chi connectivity index (χ1v) is 5.24. The van der Waals surface area contributed by atoms with Gasteiger partial charge in [-0.2, -0.15) is 0 Å². The average molecular weight is 254 g/mol. The van der Waals surface area contributed by atoms with Crippen molar-refractivity contribution in [3.63, 3.8) is 0 Å². The molecule has 0 bridgehead atoms. The molecule has 0 aliphatic carbocycles. The number of carbonyl (C=O) groups excluding carboxylic acids is 2. The molecule has 98 valence electrons. The van der Waals surface area contributed by atoms with E-state index < -0.39 is 17.7 Å². The van der Waals surface area contributed by atoms with E-state index in [1.165, 1.54) is 31.2 Å². The lowest BCUT2D eigenvalue weighted by Gasteiger charge is -2.17. The quantitative estimate of drug-likeness (QED) is 0.644. The smallest absolute Gasteiger partial charge is 0.325 e. The Morgan fingerprint density at radius 3 is 2.61 bits per heavy atom. The summed E-state index contributed by atoms with van der Waals surface area (Å²) in [6, 6.07) is 2.45. The molecule has 0 saturated carbocycles. The van der Waals surface area contributed by atoms with E-state index in [1.54, 1.807) is 6.92 Å². The first kappa shape index (κ1) is 14.0. The van der Waals surface area contributed by atoms with Crippen LogP contribution in [-0.4, -0.2) is 37.5 Å². The molecular formula is C12H15FN2O3. The Morgan fingerprint density at radius 1 is 1.44 bits per heavy atom. The van der Waals surface area contributed by atoms with Crippen LogP contribution in [0.15, 0.2) is 12.1 Å². The summed E-state index contributed by atoms with van der Waals surface area (Å²) in [5, 5.41) is 0. The van der Waals surface area contributed by atoms with Crippen molar-refractivity contribution in [1.82, 2.24) is 4.90 Å². The van der Waals surface area contributed by atoms with Gasteiger partial charge in [0.2, 0.25) is 0 Å². The largest absolute Gasteiger partial charge is 0.468 e. The molecule has 6 heteroatoms. The summed E-state index contributed by atoms with van der Waals surface area (Å²) in [6.07, 6.45) is 0. The standard InChI is InChI=1S/C12H15FN2O3/c1-7-4-9(13)10(14)5-8(7)12(17)15(2)6-11(16)18-3/h4-5H,6,14H2,1-3H3. The number of likely N-dealkylation sites (N-methyl/N-ethyl adjacent to an activating group) is 1. The van der Waals surface area contributed by atoms with Crippen LogP contribution in [0.5, 0.6) is 0 Å². The Balaban J connectivity index is 2.97. The topological polar surface area (TPSA) is 72.6 Å². The third-order valence-electron chi connectivity index (χ3n) is 2.51. The minimum atomic E-state index is -0.570. The molecule has 0 aromatic heterocycles.